The van der Waals surface area contributed by atoms with Gasteiger partial charge in [0.05, 0.1) is 74.2 Å². The predicted molar refractivity (Wildman–Crippen MR) is 435 cm³/mol. The zero-order chi connectivity index (χ0) is 77.0. The first-order valence-corrected chi connectivity index (χ1v) is 39.4. The van der Waals surface area contributed by atoms with Gasteiger partial charge in [0.1, 0.15) is 34.7 Å². The van der Waals surface area contributed by atoms with Crippen molar-refractivity contribution in [1.29, 1.82) is 0 Å². The van der Waals surface area contributed by atoms with Crippen molar-refractivity contribution in [3.05, 3.63) is 208 Å². The van der Waals surface area contributed by atoms with Crippen molar-refractivity contribution < 1.29 is 46.4 Å². The lowest BCUT2D eigenvalue weighted by Crippen LogP contribution is -2.15. The monoisotopic (exact) mass is 1490 g/mol. The lowest BCUT2D eigenvalue weighted by Gasteiger charge is -2.22. The molecule has 0 aliphatic heterocycles. The second kappa shape index (κ2) is 34.5. The van der Waals surface area contributed by atoms with Gasteiger partial charge in [0.15, 0.2) is 21.3 Å². The maximum atomic E-state index is 12.1. The molecule has 0 radical (unpaired) electrons. The van der Waals surface area contributed by atoms with Gasteiger partial charge < -0.3 is 64.1 Å². The number of phenolic OH excluding ortho intramolecular Hbond substituents is 3. The minimum atomic E-state index is -3.76. The van der Waals surface area contributed by atoms with Gasteiger partial charge >= 0.3 is 0 Å². The van der Waals surface area contributed by atoms with E-state index in [9.17, 15) is 32.2 Å². The van der Waals surface area contributed by atoms with Crippen LogP contribution in [-0.4, -0.2) is 145 Å². The highest BCUT2D eigenvalue weighted by Gasteiger charge is 2.29. The Morgan fingerprint density at radius 2 is 1.13 bits per heavy atom. The quantitative estimate of drug-likeness (QED) is 0.0277. The van der Waals surface area contributed by atoms with Crippen LogP contribution in [0.4, 0.5) is 22.7 Å². The van der Waals surface area contributed by atoms with Gasteiger partial charge in [-0.3, -0.25) is 4.72 Å². The number of nitrogens with zero attached hydrogens (tertiary/aromatic N) is 7. The van der Waals surface area contributed by atoms with Gasteiger partial charge in [-0.15, -0.1) is 0 Å². The van der Waals surface area contributed by atoms with Crippen LogP contribution in [0.5, 0.6) is 34.5 Å². The maximum absolute atomic E-state index is 12.1. The van der Waals surface area contributed by atoms with Crippen molar-refractivity contribution >= 4 is 54.8 Å². The third-order valence-corrected chi connectivity index (χ3v) is 20.3. The summed E-state index contributed by atoms with van der Waals surface area (Å²) in [5, 5.41) is 34.6. The molecule has 562 valence electrons. The second-order valence-electron chi connectivity index (χ2n) is 27.7. The molecule has 23 heteroatoms. The highest BCUT2D eigenvalue weighted by atomic mass is 32.2. The van der Waals surface area contributed by atoms with Crippen LogP contribution in [0.2, 0.25) is 0 Å². The van der Waals surface area contributed by atoms with Crippen LogP contribution in [0.15, 0.2) is 158 Å². The Hall–Kier alpha value is -11.0. The van der Waals surface area contributed by atoms with E-state index >= 15 is 0 Å². The Bertz CT molecular complexity index is 5060. The molecule has 0 bridgehead atoms. The van der Waals surface area contributed by atoms with E-state index in [1.165, 1.54) is 56.9 Å². The van der Waals surface area contributed by atoms with Crippen molar-refractivity contribution in [2.75, 3.05) is 103 Å². The Morgan fingerprint density at radius 1 is 0.561 bits per heavy atom. The van der Waals surface area contributed by atoms with E-state index in [1.807, 2.05) is 142 Å². The average molecular weight is 1490 g/mol. The van der Waals surface area contributed by atoms with Crippen molar-refractivity contribution in [2.45, 2.75) is 84.1 Å². The van der Waals surface area contributed by atoms with E-state index in [2.05, 4.69) is 125 Å². The first-order chi connectivity index (χ1) is 51.0. The van der Waals surface area contributed by atoms with Gasteiger partial charge in [0, 0.05) is 116 Å². The number of ether oxygens (including phenoxy) is 3. The zero-order valence-electron chi connectivity index (χ0n) is 63.8. The molecular formula is C84H99N11O10S2. The number of phenols is 3. The molecule has 1 aliphatic rings. The van der Waals surface area contributed by atoms with Crippen LogP contribution < -0.4 is 38.9 Å². The number of sulfonamides is 1. The summed E-state index contributed by atoms with van der Waals surface area (Å²) in [5.74, 6) is 3.38. The molecule has 3 heterocycles. The van der Waals surface area contributed by atoms with E-state index in [1.54, 1.807) is 7.11 Å². The minimum Gasteiger partial charge on any atom is -0.507 e. The Labute approximate surface area is 629 Å². The fraction of sp³-hybridized carbons (Fsp3) is 0.298. The first kappa shape index (κ1) is 78.6. The van der Waals surface area contributed by atoms with E-state index in [0.717, 1.165) is 145 Å². The number of methoxy groups -OCH3 is 3. The SMILES string of the molecule is CNCn1c(-c2cc(OC)c(O)c(OC)c2)nc(C2CCCCC2)c1-c1ccc(OC)cc1.Cc1cc(-c2nc(-c3ccc(N(C)C)cc3)c(/C=C/c3ccc(N(C)C)cc3)[nH]2)cc(C)c1O.Cc1cc(N(C)C)ccc1-c1nc(-c2cc(CS(C)(=O)=O)c(O)c(NS(C)(=O)=O)c2)[nH]c1CCc1ccccc1. The van der Waals surface area contributed by atoms with Gasteiger partial charge in [-0.25, -0.2) is 31.8 Å². The molecule has 1 fully saturated rings. The van der Waals surface area contributed by atoms with Crippen molar-refractivity contribution in [3.8, 4) is 102 Å². The van der Waals surface area contributed by atoms with Crippen molar-refractivity contribution in [3.63, 3.8) is 0 Å². The number of benzene rings is 8. The number of hydrogen-bond acceptors (Lipinski definition) is 17. The van der Waals surface area contributed by atoms with Crippen LogP contribution in [0.25, 0.3) is 80.1 Å². The van der Waals surface area contributed by atoms with Gasteiger partial charge in [-0.2, -0.15) is 0 Å². The van der Waals surface area contributed by atoms with Gasteiger partial charge in [0.2, 0.25) is 15.8 Å². The summed E-state index contributed by atoms with van der Waals surface area (Å²) in [6, 6.07) is 51.8. The molecule has 0 saturated heterocycles. The average Bonchev–Trinajstić information content (AvgIpc) is 1.63. The summed E-state index contributed by atoms with van der Waals surface area (Å²) < 4.78 is 68.9. The second-order valence-corrected chi connectivity index (χ2v) is 31.6. The molecule has 0 atom stereocenters. The molecule has 7 N–H and O–H groups in total. The molecular weight excluding hydrogens is 1390 g/mol. The molecule has 0 unspecified atom stereocenters. The van der Waals surface area contributed by atoms with Gasteiger partial charge in [-0.05, 0) is 184 Å². The van der Waals surface area contributed by atoms with Crippen molar-refractivity contribution in [2.24, 2.45) is 0 Å². The number of rotatable bonds is 24. The molecule has 0 spiro atoms. The van der Waals surface area contributed by atoms with Crippen molar-refractivity contribution in [1.82, 2.24) is 34.8 Å². The number of H-pyrrole nitrogens is 2. The topological polar surface area (TPSA) is 266 Å². The van der Waals surface area contributed by atoms with Gasteiger partial charge in [0.25, 0.3) is 0 Å². The van der Waals surface area contributed by atoms with Gasteiger partial charge in [-0.1, -0.05) is 86.0 Å². The number of nitrogens with one attached hydrogen (secondary N) is 4. The highest BCUT2D eigenvalue weighted by Crippen LogP contribution is 2.45. The molecule has 11 aromatic rings. The van der Waals surface area contributed by atoms with Crippen LogP contribution in [0.3, 0.4) is 0 Å². The maximum Gasteiger partial charge on any atom is 0.229 e. The molecule has 1 saturated carbocycles. The number of aromatic nitrogens is 6. The zero-order valence-corrected chi connectivity index (χ0v) is 65.4. The molecule has 0 amide bonds. The summed E-state index contributed by atoms with van der Waals surface area (Å²) in [7, 11) is 11.5. The van der Waals surface area contributed by atoms with Crippen LogP contribution in [0, 0.1) is 20.8 Å². The number of aromatic hydroxyl groups is 3. The van der Waals surface area contributed by atoms with E-state index in [4.69, 9.17) is 29.2 Å². The molecule has 8 aromatic carbocycles. The number of sulfone groups is 1. The smallest absolute Gasteiger partial charge is 0.229 e. The molecule has 3 aromatic heterocycles. The summed E-state index contributed by atoms with van der Waals surface area (Å²) in [5.41, 5.74) is 19.3. The summed E-state index contributed by atoms with van der Waals surface area (Å²) >= 11 is 0. The Balaban J connectivity index is 0.000000172. The predicted octanol–water partition coefficient (Wildman–Crippen LogP) is 16.1. The van der Waals surface area contributed by atoms with E-state index < -0.39 is 31.4 Å². The molecule has 21 nitrogen and oxygen atoms in total. The molecule has 1 aliphatic carbocycles. The summed E-state index contributed by atoms with van der Waals surface area (Å²) in [6.07, 6.45) is 13.6. The number of anilines is 4. The lowest BCUT2D eigenvalue weighted by molar-refractivity contribution is 0.340. The summed E-state index contributed by atoms with van der Waals surface area (Å²) in [6.45, 7) is 6.43. The Morgan fingerprint density at radius 3 is 1.69 bits per heavy atom. The Kier molecular flexibility index (Phi) is 25.3. The lowest BCUT2D eigenvalue weighted by atomic mass is 9.85. The third-order valence-electron chi connectivity index (χ3n) is 18.9. The van der Waals surface area contributed by atoms with E-state index in [-0.39, 0.29) is 17.0 Å². The van der Waals surface area contributed by atoms with E-state index in [0.29, 0.717) is 47.6 Å². The first-order valence-electron chi connectivity index (χ1n) is 35.5. The van der Waals surface area contributed by atoms with Crippen LogP contribution >= 0.6 is 0 Å². The molecule has 107 heavy (non-hydrogen) atoms. The largest absolute Gasteiger partial charge is 0.507 e. The number of aromatic amines is 2. The fourth-order valence-corrected chi connectivity index (χ4v) is 14.6. The molecule has 12 rings (SSSR count). The fourth-order valence-electron chi connectivity index (χ4n) is 13.2. The summed E-state index contributed by atoms with van der Waals surface area (Å²) in [4.78, 5) is 28.2. The van der Waals surface area contributed by atoms with Crippen LogP contribution in [-0.2, 0) is 45.1 Å². The highest BCUT2D eigenvalue weighted by molar-refractivity contribution is 7.92. The van der Waals surface area contributed by atoms with Crippen LogP contribution in [0.1, 0.15) is 88.5 Å². The standard InChI is InChI=1S/C29H34N4O5S2.C29H32N4O.C26H33N3O4/c1-19-15-23(33(2)3)12-13-24(19)27-25(14-11-20-9-7-6-8-10-20)30-29(31-27)21-16-22(18-39(4,35)36)28(34)26(17-21)32-40(5,37)38;1-19-17-23(18-20(2)28(19)34)29-30-26(16-9-21-7-12-24(13-8-21)32(3)4)27(31-29)22-10-14-25(15-11-22)33(5)6;1-27-16-29-24(18-10-12-20(31-2)13-11-18)23(17-8-6-5-7-9-17)28-26(29)19-14-21(32-3)25(30)22(15-19)33-4/h6-10,12-13,15-17,32,34H,11,14,18H2,1-5H3,(H,30,31);7-18,34H,1-6H3,(H,30,31);10-15,17,27,30H,5-9,16H2,1-4H3/b;16-9+;. The third kappa shape index (κ3) is 19.5. The number of aryl methyl sites for hydroxylation is 5. The normalized spacial score (nSPS) is 12.4. The minimum absolute atomic E-state index is 0.0154. The number of imidazole rings is 3. The number of hydrogen-bond donors (Lipinski definition) is 7.